The van der Waals surface area contributed by atoms with Crippen LogP contribution in [0.2, 0.25) is 5.02 Å². The highest BCUT2D eigenvalue weighted by Crippen LogP contribution is 2.23. The molecular formula is C18H22ClN5O2. The van der Waals surface area contributed by atoms with Gasteiger partial charge in [0.2, 0.25) is 5.95 Å². The number of amides is 1. The summed E-state index contributed by atoms with van der Waals surface area (Å²) in [6.45, 7) is 3.51. The molecule has 1 aliphatic heterocycles. The highest BCUT2D eigenvalue weighted by atomic mass is 35.5. The SMILES string of the molecule is CNc1ncc(C(=O)NC[C@H](c2ccc(Cl)cc2)N2CCOCC2)cn1. The van der Waals surface area contributed by atoms with Gasteiger partial charge in [0.1, 0.15) is 0 Å². The normalized spacial score (nSPS) is 16.1. The number of hydrogen-bond donors (Lipinski definition) is 2. The van der Waals surface area contributed by atoms with Gasteiger partial charge in [0.05, 0.1) is 24.8 Å². The standard InChI is InChI=1S/C18H22ClN5O2/c1-20-18-22-10-14(11-23-18)17(25)21-12-16(24-6-8-26-9-7-24)13-2-4-15(19)5-3-13/h2-5,10-11,16H,6-9,12H2,1H3,(H,21,25)(H,20,22,23)/t16-/m1/s1. The monoisotopic (exact) mass is 375 g/mol. The van der Waals surface area contributed by atoms with Crippen LogP contribution in [-0.4, -0.2) is 60.7 Å². The summed E-state index contributed by atoms with van der Waals surface area (Å²) in [6, 6.07) is 7.80. The molecule has 0 radical (unpaired) electrons. The predicted octanol–water partition coefficient (Wildman–Crippen LogP) is 1.98. The van der Waals surface area contributed by atoms with Crippen LogP contribution in [-0.2, 0) is 4.74 Å². The van der Waals surface area contributed by atoms with E-state index in [9.17, 15) is 4.79 Å². The van der Waals surface area contributed by atoms with E-state index < -0.39 is 0 Å². The molecule has 138 valence electrons. The summed E-state index contributed by atoms with van der Waals surface area (Å²) in [5, 5.41) is 6.52. The minimum Gasteiger partial charge on any atom is -0.379 e. The maximum Gasteiger partial charge on any atom is 0.254 e. The van der Waals surface area contributed by atoms with Crippen LogP contribution >= 0.6 is 11.6 Å². The number of aromatic nitrogens is 2. The first-order valence-corrected chi connectivity index (χ1v) is 8.90. The number of nitrogens with zero attached hydrogens (tertiary/aromatic N) is 3. The molecule has 1 amide bonds. The number of halogens is 1. The smallest absolute Gasteiger partial charge is 0.254 e. The van der Waals surface area contributed by atoms with Crippen molar-refractivity contribution in [1.29, 1.82) is 0 Å². The van der Waals surface area contributed by atoms with Gasteiger partial charge in [-0.2, -0.15) is 0 Å². The first kappa shape index (κ1) is 18.6. The van der Waals surface area contributed by atoms with Crippen LogP contribution in [0.15, 0.2) is 36.7 Å². The highest BCUT2D eigenvalue weighted by Gasteiger charge is 2.23. The molecule has 0 unspecified atom stereocenters. The minimum atomic E-state index is -0.195. The van der Waals surface area contributed by atoms with Gasteiger partial charge in [-0.25, -0.2) is 9.97 Å². The van der Waals surface area contributed by atoms with Gasteiger partial charge < -0.3 is 15.4 Å². The molecule has 26 heavy (non-hydrogen) atoms. The molecule has 1 atom stereocenters. The number of hydrogen-bond acceptors (Lipinski definition) is 6. The molecule has 0 bridgehead atoms. The minimum absolute atomic E-state index is 0.0533. The summed E-state index contributed by atoms with van der Waals surface area (Å²) in [6.07, 6.45) is 3.03. The van der Waals surface area contributed by atoms with Crippen molar-refractivity contribution in [2.45, 2.75) is 6.04 Å². The van der Waals surface area contributed by atoms with Crippen molar-refractivity contribution >= 4 is 23.5 Å². The molecule has 7 nitrogen and oxygen atoms in total. The Morgan fingerprint density at radius 1 is 1.23 bits per heavy atom. The van der Waals surface area contributed by atoms with Gasteiger partial charge in [0.25, 0.3) is 5.91 Å². The number of carbonyl (C=O) groups excluding carboxylic acids is 1. The highest BCUT2D eigenvalue weighted by molar-refractivity contribution is 6.30. The Morgan fingerprint density at radius 3 is 2.50 bits per heavy atom. The molecule has 3 rings (SSSR count). The molecule has 0 aliphatic carbocycles. The Balaban J connectivity index is 1.70. The van der Waals surface area contributed by atoms with E-state index in [0.29, 0.717) is 36.3 Å². The van der Waals surface area contributed by atoms with Gasteiger partial charge >= 0.3 is 0 Å². The van der Waals surface area contributed by atoms with Crippen LogP contribution in [0.5, 0.6) is 0 Å². The zero-order chi connectivity index (χ0) is 18.4. The topological polar surface area (TPSA) is 79.4 Å². The molecule has 0 spiro atoms. The van der Waals surface area contributed by atoms with Gasteiger partial charge in [-0.05, 0) is 17.7 Å². The van der Waals surface area contributed by atoms with Gasteiger partial charge in [0, 0.05) is 44.1 Å². The first-order valence-electron chi connectivity index (χ1n) is 8.52. The molecule has 2 heterocycles. The molecule has 1 aromatic carbocycles. The molecule has 8 heteroatoms. The second-order valence-corrected chi connectivity index (χ2v) is 6.41. The lowest BCUT2D eigenvalue weighted by molar-refractivity contribution is 0.0162. The van der Waals surface area contributed by atoms with E-state index in [-0.39, 0.29) is 11.9 Å². The van der Waals surface area contributed by atoms with Crippen molar-refractivity contribution in [3.8, 4) is 0 Å². The molecule has 1 aromatic heterocycles. The van der Waals surface area contributed by atoms with Crippen LogP contribution in [0.4, 0.5) is 5.95 Å². The van der Waals surface area contributed by atoms with E-state index in [2.05, 4.69) is 25.5 Å². The third kappa shape index (κ3) is 4.69. The second kappa shape index (κ2) is 8.93. The van der Waals surface area contributed by atoms with Gasteiger partial charge in [-0.15, -0.1) is 0 Å². The largest absolute Gasteiger partial charge is 0.379 e. The van der Waals surface area contributed by atoms with Crippen molar-refractivity contribution in [3.05, 3.63) is 52.8 Å². The molecular weight excluding hydrogens is 354 g/mol. The van der Waals surface area contributed by atoms with Gasteiger partial charge in [-0.1, -0.05) is 23.7 Å². The number of ether oxygens (including phenoxy) is 1. The quantitative estimate of drug-likeness (QED) is 0.803. The Labute approximate surface area is 157 Å². The Hall–Kier alpha value is -2.22. The molecule has 1 saturated heterocycles. The van der Waals surface area contributed by atoms with E-state index in [1.807, 2.05) is 24.3 Å². The van der Waals surface area contributed by atoms with Crippen molar-refractivity contribution < 1.29 is 9.53 Å². The summed E-state index contributed by atoms with van der Waals surface area (Å²) < 4.78 is 5.45. The number of anilines is 1. The van der Waals surface area contributed by atoms with Crippen LogP contribution in [0, 0.1) is 0 Å². The van der Waals surface area contributed by atoms with Crippen molar-refractivity contribution in [1.82, 2.24) is 20.2 Å². The number of nitrogens with one attached hydrogen (secondary N) is 2. The summed E-state index contributed by atoms with van der Waals surface area (Å²) in [4.78, 5) is 22.9. The number of morpholine rings is 1. The van der Waals surface area contributed by atoms with E-state index in [0.717, 1.165) is 18.7 Å². The predicted molar refractivity (Wildman–Crippen MR) is 100 cm³/mol. The number of rotatable bonds is 6. The fraction of sp³-hybridized carbons (Fsp3) is 0.389. The van der Waals surface area contributed by atoms with E-state index in [1.165, 1.54) is 12.4 Å². The van der Waals surface area contributed by atoms with E-state index in [1.54, 1.807) is 7.05 Å². The Bertz CT molecular complexity index is 717. The van der Waals surface area contributed by atoms with Gasteiger partial charge in [-0.3, -0.25) is 9.69 Å². The van der Waals surface area contributed by atoms with Crippen molar-refractivity contribution in [2.24, 2.45) is 0 Å². The van der Waals surface area contributed by atoms with E-state index >= 15 is 0 Å². The lowest BCUT2D eigenvalue weighted by Gasteiger charge is -2.35. The zero-order valence-corrected chi connectivity index (χ0v) is 15.4. The first-order chi connectivity index (χ1) is 12.7. The van der Waals surface area contributed by atoms with Gasteiger partial charge in [0.15, 0.2) is 0 Å². The molecule has 1 aliphatic rings. The van der Waals surface area contributed by atoms with Crippen LogP contribution in [0.25, 0.3) is 0 Å². The van der Waals surface area contributed by atoms with Crippen LogP contribution in [0.3, 0.4) is 0 Å². The maximum absolute atomic E-state index is 12.4. The van der Waals surface area contributed by atoms with Crippen molar-refractivity contribution in [2.75, 3.05) is 45.2 Å². The molecule has 2 N–H and O–H groups in total. The average Bonchev–Trinajstić information content (AvgIpc) is 2.70. The Kier molecular flexibility index (Phi) is 6.38. The molecule has 1 fully saturated rings. The summed E-state index contributed by atoms with van der Waals surface area (Å²) >= 11 is 6.01. The number of benzene rings is 1. The third-order valence-corrected chi connectivity index (χ3v) is 4.59. The van der Waals surface area contributed by atoms with Crippen LogP contribution < -0.4 is 10.6 Å². The van der Waals surface area contributed by atoms with Crippen molar-refractivity contribution in [3.63, 3.8) is 0 Å². The fourth-order valence-electron chi connectivity index (χ4n) is 2.90. The lowest BCUT2D eigenvalue weighted by atomic mass is 10.0. The number of carbonyl (C=O) groups is 1. The average molecular weight is 376 g/mol. The maximum atomic E-state index is 12.4. The summed E-state index contributed by atoms with van der Waals surface area (Å²) in [5.74, 6) is 0.286. The third-order valence-electron chi connectivity index (χ3n) is 4.33. The summed E-state index contributed by atoms with van der Waals surface area (Å²) in [7, 11) is 1.73. The second-order valence-electron chi connectivity index (χ2n) is 5.97. The molecule has 2 aromatic rings. The zero-order valence-electron chi connectivity index (χ0n) is 14.6. The summed E-state index contributed by atoms with van der Waals surface area (Å²) in [5.41, 5.74) is 1.54. The lowest BCUT2D eigenvalue weighted by Crippen LogP contribution is -2.43. The fourth-order valence-corrected chi connectivity index (χ4v) is 3.02. The molecule has 0 saturated carbocycles. The van der Waals surface area contributed by atoms with Crippen LogP contribution in [0.1, 0.15) is 22.0 Å². The Morgan fingerprint density at radius 2 is 1.88 bits per heavy atom. The van der Waals surface area contributed by atoms with E-state index in [4.69, 9.17) is 16.3 Å².